The quantitative estimate of drug-likeness (QED) is 0.696. The highest BCUT2D eigenvalue weighted by Crippen LogP contribution is 2.43. The summed E-state index contributed by atoms with van der Waals surface area (Å²) in [6.45, 7) is 1.56. The van der Waals surface area contributed by atoms with Gasteiger partial charge in [-0.1, -0.05) is 35.5 Å². The fourth-order valence-corrected chi connectivity index (χ4v) is 4.61. The average molecular weight is 384 g/mol. The van der Waals surface area contributed by atoms with Crippen LogP contribution in [0, 0.1) is 0 Å². The van der Waals surface area contributed by atoms with E-state index in [4.69, 9.17) is 5.11 Å². The Hall–Kier alpha value is -2.45. The number of aromatic nitrogens is 3. The van der Waals surface area contributed by atoms with Crippen LogP contribution in [0.5, 0.6) is 0 Å². The summed E-state index contributed by atoms with van der Waals surface area (Å²) in [7, 11) is 2.03. The lowest BCUT2D eigenvalue weighted by molar-refractivity contribution is 0.157. The molecule has 3 N–H and O–H groups in total. The first-order chi connectivity index (χ1) is 13.6. The van der Waals surface area contributed by atoms with E-state index < -0.39 is 0 Å². The number of rotatable bonds is 6. The van der Waals surface area contributed by atoms with Gasteiger partial charge in [0.2, 0.25) is 0 Å². The molecule has 0 bridgehead atoms. The van der Waals surface area contributed by atoms with E-state index in [-0.39, 0.29) is 23.7 Å². The van der Waals surface area contributed by atoms with Gasteiger partial charge in [-0.25, -0.2) is 9.48 Å². The summed E-state index contributed by atoms with van der Waals surface area (Å²) < 4.78 is 1.60. The topological polar surface area (TPSA) is 95.3 Å². The second-order valence-corrected chi connectivity index (χ2v) is 7.96. The monoisotopic (exact) mass is 384 g/mol. The fourth-order valence-electron chi connectivity index (χ4n) is 4.61. The van der Waals surface area contributed by atoms with E-state index >= 15 is 0 Å². The van der Waals surface area contributed by atoms with Gasteiger partial charge in [0.15, 0.2) is 0 Å². The Morgan fingerprint density at radius 2 is 1.96 bits per heavy atom. The molecule has 1 aromatic heterocycles. The van der Waals surface area contributed by atoms with Crippen molar-refractivity contribution in [3.05, 3.63) is 47.8 Å². The molecule has 1 saturated carbocycles. The van der Waals surface area contributed by atoms with Crippen molar-refractivity contribution < 1.29 is 9.90 Å². The van der Waals surface area contributed by atoms with Gasteiger partial charge in [-0.15, -0.1) is 5.10 Å². The first kappa shape index (κ1) is 18.9. The zero-order valence-corrected chi connectivity index (χ0v) is 16.3. The summed E-state index contributed by atoms with van der Waals surface area (Å²) in [5.74, 6) is 0. The van der Waals surface area contributed by atoms with Crippen LogP contribution < -0.4 is 10.6 Å². The molecule has 2 aliphatic rings. The predicted octanol–water partition coefficient (Wildman–Crippen LogP) is 1.22. The Labute approximate surface area is 164 Å². The fraction of sp³-hybridized carbons (Fsp3) is 0.550. The van der Waals surface area contributed by atoms with Gasteiger partial charge in [0.25, 0.3) is 0 Å². The van der Waals surface area contributed by atoms with Crippen LogP contribution in [0.2, 0.25) is 0 Å². The van der Waals surface area contributed by atoms with Crippen LogP contribution in [0.15, 0.2) is 36.5 Å². The zero-order valence-electron chi connectivity index (χ0n) is 16.3. The van der Waals surface area contributed by atoms with Gasteiger partial charge in [-0.05, 0) is 38.3 Å². The smallest absolute Gasteiger partial charge is 0.318 e. The molecule has 1 spiro atoms. The number of nitrogens with one attached hydrogen (secondary N) is 2. The van der Waals surface area contributed by atoms with Crippen molar-refractivity contribution in [1.82, 2.24) is 30.5 Å². The molecule has 4 rings (SSSR count). The molecule has 28 heavy (non-hydrogen) atoms. The maximum atomic E-state index is 12.6. The van der Waals surface area contributed by atoms with Crippen LogP contribution in [-0.2, 0) is 18.6 Å². The van der Waals surface area contributed by atoms with Gasteiger partial charge in [0, 0.05) is 12.1 Å². The van der Waals surface area contributed by atoms with Crippen molar-refractivity contribution in [2.45, 2.75) is 49.9 Å². The van der Waals surface area contributed by atoms with Gasteiger partial charge in [-0.3, -0.25) is 0 Å². The first-order valence-electron chi connectivity index (χ1n) is 9.90. The number of hydrogen-bond donors (Lipinski definition) is 3. The predicted molar refractivity (Wildman–Crippen MR) is 104 cm³/mol. The van der Waals surface area contributed by atoms with E-state index in [0.29, 0.717) is 19.6 Å². The standard InChI is InChI=1S/C20H28N6O2/c1-21-20(16-5-3-2-4-6-16)9-7-19(8-10-20)15-25(18(28)22-19)13-17-14-26(11-12-27)24-23-17/h2-6,14,21,27H,7-13,15H2,1H3,(H,22,28)/t19-,20+. The maximum Gasteiger partial charge on any atom is 0.318 e. The summed E-state index contributed by atoms with van der Waals surface area (Å²) in [4.78, 5) is 14.4. The minimum atomic E-state index is -0.173. The molecular formula is C20H28N6O2. The molecule has 2 fully saturated rings. The Bertz CT molecular complexity index is 813. The summed E-state index contributed by atoms with van der Waals surface area (Å²) in [5, 5.41) is 23.9. The largest absolute Gasteiger partial charge is 0.394 e. The normalized spacial score (nSPS) is 27.4. The van der Waals surface area contributed by atoms with Crippen LogP contribution >= 0.6 is 0 Å². The van der Waals surface area contributed by atoms with E-state index in [0.717, 1.165) is 31.4 Å². The van der Waals surface area contributed by atoms with Gasteiger partial charge in [0.1, 0.15) is 5.69 Å². The van der Waals surface area contributed by atoms with Crippen molar-refractivity contribution in [3.63, 3.8) is 0 Å². The van der Waals surface area contributed by atoms with E-state index in [9.17, 15) is 4.79 Å². The SMILES string of the molecule is CN[C@]1(c2ccccc2)CC[C@]2(CC1)CN(Cc1cn(CCO)nn1)C(=O)N2. The second-order valence-electron chi connectivity index (χ2n) is 7.96. The lowest BCUT2D eigenvalue weighted by atomic mass is 9.69. The second kappa shape index (κ2) is 7.52. The van der Waals surface area contributed by atoms with Crippen LogP contribution in [0.25, 0.3) is 0 Å². The summed E-state index contributed by atoms with van der Waals surface area (Å²) >= 11 is 0. The third kappa shape index (κ3) is 3.49. The number of aliphatic hydroxyl groups is 1. The average Bonchev–Trinajstić information content (AvgIpc) is 3.28. The Kier molecular flexibility index (Phi) is 5.07. The number of amides is 2. The summed E-state index contributed by atoms with van der Waals surface area (Å²) in [5.41, 5.74) is 1.85. The molecule has 2 amide bonds. The van der Waals surface area contributed by atoms with E-state index in [1.807, 2.05) is 18.0 Å². The van der Waals surface area contributed by atoms with Crippen molar-refractivity contribution in [3.8, 4) is 0 Å². The van der Waals surface area contributed by atoms with E-state index in [2.05, 4.69) is 45.2 Å². The molecule has 2 aromatic rings. The minimum Gasteiger partial charge on any atom is -0.394 e. The maximum absolute atomic E-state index is 12.6. The number of nitrogens with zero attached hydrogens (tertiary/aromatic N) is 4. The third-order valence-electron chi connectivity index (χ3n) is 6.29. The molecule has 2 heterocycles. The highest BCUT2D eigenvalue weighted by Gasteiger charge is 2.48. The Morgan fingerprint density at radius 1 is 1.21 bits per heavy atom. The number of carbonyl (C=O) groups excluding carboxylic acids is 1. The molecule has 8 nitrogen and oxygen atoms in total. The molecule has 1 aromatic carbocycles. The number of urea groups is 1. The van der Waals surface area contributed by atoms with Crippen molar-refractivity contribution in [2.75, 3.05) is 20.2 Å². The Balaban J connectivity index is 1.42. The molecule has 1 saturated heterocycles. The van der Waals surface area contributed by atoms with Gasteiger partial charge < -0.3 is 20.6 Å². The van der Waals surface area contributed by atoms with Crippen LogP contribution in [0.4, 0.5) is 4.79 Å². The van der Waals surface area contributed by atoms with E-state index in [1.165, 1.54) is 5.56 Å². The highest BCUT2D eigenvalue weighted by molar-refractivity contribution is 5.78. The van der Waals surface area contributed by atoms with Gasteiger partial charge >= 0.3 is 6.03 Å². The molecule has 1 aliphatic carbocycles. The third-order valence-corrected chi connectivity index (χ3v) is 6.29. The number of carbonyl (C=O) groups is 1. The number of aliphatic hydroxyl groups excluding tert-OH is 1. The van der Waals surface area contributed by atoms with E-state index in [1.54, 1.807) is 10.9 Å². The molecule has 0 atom stereocenters. The summed E-state index contributed by atoms with van der Waals surface area (Å²) in [6, 6.07) is 10.5. The van der Waals surface area contributed by atoms with Crippen LogP contribution in [-0.4, -0.2) is 56.8 Å². The molecular weight excluding hydrogens is 356 g/mol. The van der Waals surface area contributed by atoms with Crippen molar-refractivity contribution >= 4 is 6.03 Å². The molecule has 0 unspecified atom stereocenters. The molecule has 8 heteroatoms. The minimum absolute atomic E-state index is 0.0186. The molecule has 0 radical (unpaired) electrons. The van der Waals surface area contributed by atoms with Gasteiger partial charge in [0.05, 0.1) is 31.4 Å². The zero-order chi connectivity index (χ0) is 19.6. The van der Waals surface area contributed by atoms with Gasteiger partial charge in [-0.2, -0.15) is 0 Å². The lowest BCUT2D eigenvalue weighted by Crippen LogP contribution is -2.53. The Morgan fingerprint density at radius 3 is 2.64 bits per heavy atom. The van der Waals surface area contributed by atoms with Crippen LogP contribution in [0.3, 0.4) is 0 Å². The first-order valence-corrected chi connectivity index (χ1v) is 9.90. The molecule has 150 valence electrons. The lowest BCUT2D eigenvalue weighted by Gasteiger charge is -2.45. The number of benzene rings is 1. The van der Waals surface area contributed by atoms with Crippen molar-refractivity contribution in [2.24, 2.45) is 0 Å². The number of hydrogen-bond acceptors (Lipinski definition) is 5. The summed E-state index contributed by atoms with van der Waals surface area (Å²) in [6.07, 6.45) is 5.61. The van der Waals surface area contributed by atoms with Crippen molar-refractivity contribution in [1.29, 1.82) is 0 Å². The molecule has 1 aliphatic heterocycles. The van der Waals surface area contributed by atoms with Crippen LogP contribution in [0.1, 0.15) is 36.9 Å². The highest BCUT2D eigenvalue weighted by atomic mass is 16.3.